The highest BCUT2D eigenvalue weighted by molar-refractivity contribution is 5.26. The average molecular weight is 195 g/mol. The SMILES string of the molecule is CCCN(C)Cc1cc(F)ccc1C. The van der Waals surface area contributed by atoms with Crippen molar-refractivity contribution in [3.05, 3.63) is 35.1 Å². The molecule has 0 aromatic heterocycles. The highest BCUT2D eigenvalue weighted by atomic mass is 19.1. The molecule has 0 unspecified atom stereocenters. The lowest BCUT2D eigenvalue weighted by molar-refractivity contribution is 0.326. The number of hydrogen-bond acceptors (Lipinski definition) is 1. The summed E-state index contributed by atoms with van der Waals surface area (Å²) >= 11 is 0. The van der Waals surface area contributed by atoms with Gasteiger partial charge in [-0.05, 0) is 50.2 Å². The molecule has 0 fully saturated rings. The second-order valence-electron chi connectivity index (χ2n) is 3.81. The molecule has 0 spiro atoms. The van der Waals surface area contributed by atoms with E-state index in [1.54, 1.807) is 6.07 Å². The highest BCUT2D eigenvalue weighted by Crippen LogP contribution is 2.12. The van der Waals surface area contributed by atoms with Crippen molar-refractivity contribution in [2.24, 2.45) is 0 Å². The topological polar surface area (TPSA) is 3.24 Å². The maximum Gasteiger partial charge on any atom is 0.123 e. The summed E-state index contributed by atoms with van der Waals surface area (Å²) in [6.07, 6.45) is 1.13. The van der Waals surface area contributed by atoms with Crippen LogP contribution in [0.5, 0.6) is 0 Å². The molecule has 0 aliphatic rings. The van der Waals surface area contributed by atoms with Crippen LogP contribution in [0.15, 0.2) is 18.2 Å². The predicted molar refractivity (Wildman–Crippen MR) is 57.8 cm³/mol. The van der Waals surface area contributed by atoms with Crippen LogP contribution in [0.4, 0.5) is 4.39 Å². The molecule has 0 saturated heterocycles. The van der Waals surface area contributed by atoms with Crippen molar-refractivity contribution in [3.8, 4) is 0 Å². The highest BCUT2D eigenvalue weighted by Gasteiger charge is 2.03. The van der Waals surface area contributed by atoms with Gasteiger partial charge in [-0.1, -0.05) is 13.0 Å². The third-order valence-corrected chi connectivity index (χ3v) is 2.36. The minimum atomic E-state index is -0.143. The molecule has 0 aliphatic carbocycles. The minimum Gasteiger partial charge on any atom is -0.302 e. The fourth-order valence-corrected chi connectivity index (χ4v) is 1.56. The molecular formula is C12H18FN. The van der Waals surface area contributed by atoms with Crippen LogP contribution >= 0.6 is 0 Å². The van der Waals surface area contributed by atoms with E-state index < -0.39 is 0 Å². The monoisotopic (exact) mass is 195 g/mol. The first-order chi connectivity index (χ1) is 6.63. The van der Waals surface area contributed by atoms with Crippen LogP contribution in [0.2, 0.25) is 0 Å². The first-order valence-electron chi connectivity index (χ1n) is 5.07. The molecule has 14 heavy (non-hydrogen) atoms. The van der Waals surface area contributed by atoms with Crippen molar-refractivity contribution in [2.45, 2.75) is 26.8 Å². The quantitative estimate of drug-likeness (QED) is 0.714. The van der Waals surface area contributed by atoms with Gasteiger partial charge in [0.15, 0.2) is 0 Å². The Labute approximate surface area is 85.5 Å². The zero-order valence-corrected chi connectivity index (χ0v) is 9.18. The number of halogens is 1. The van der Waals surface area contributed by atoms with E-state index in [9.17, 15) is 4.39 Å². The molecule has 0 aliphatic heterocycles. The number of hydrogen-bond donors (Lipinski definition) is 0. The van der Waals surface area contributed by atoms with Gasteiger partial charge < -0.3 is 4.90 Å². The fraction of sp³-hybridized carbons (Fsp3) is 0.500. The third-order valence-electron chi connectivity index (χ3n) is 2.36. The molecule has 1 aromatic carbocycles. The molecule has 1 nitrogen and oxygen atoms in total. The van der Waals surface area contributed by atoms with Crippen LogP contribution in [0.25, 0.3) is 0 Å². The summed E-state index contributed by atoms with van der Waals surface area (Å²) in [6.45, 7) is 6.05. The molecule has 2 heteroatoms. The van der Waals surface area contributed by atoms with Gasteiger partial charge in [-0.2, -0.15) is 0 Å². The maximum atomic E-state index is 13.0. The summed E-state index contributed by atoms with van der Waals surface area (Å²) in [5, 5.41) is 0. The molecule has 0 atom stereocenters. The van der Waals surface area contributed by atoms with Crippen molar-refractivity contribution in [1.82, 2.24) is 4.90 Å². The van der Waals surface area contributed by atoms with E-state index in [-0.39, 0.29) is 5.82 Å². The summed E-state index contributed by atoms with van der Waals surface area (Å²) in [5.74, 6) is -0.143. The smallest absolute Gasteiger partial charge is 0.123 e. The first-order valence-corrected chi connectivity index (χ1v) is 5.07. The summed E-state index contributed by atoms with van der Waals surface area (Å²) < 4.78 is 13.0. The molecule has 78 valence electrons. The van der Waals surface area contributed by atoms with Gasteiger partial charge in [-0.3, -0.25) is 0 Å². The lowest BCUT2D eigenvalue weighted by atomic mass is 10.1. The van der Waals surface area contributed by atoms with Gasteiger partial charge in [0.05, 0.1) is 0 Å². The van der Waals surface area contributed by atoms with E-state index in [1.165, 1.54) is 6.07 Å². The standard InChI is InChI=1S/C12H18FN/c1-4-7-14(3)9-11-8-12(13)6-5-10(11)2/h5-6,8H,4,7,9H2,1-3H3. The normalized spacial score (nSPS) is 10.9. The third kappa shape index (κ3) is 3.11. The van der Waals surface area contributed by atoms with Crippen LogP contribution in [0, 0.1) is 12.7 Å². The second-order valence-corrected chi connectivity index (χ2v) is 3.81. The Bertz CT molecular complexity index is 296. The molecule has 0 bridgehead atoms. The maximum absolute atomic E-state index is 13.0. The van der Waals surface area contributed by atoms with E-state index >= 15 is 0 Å². The van der Waals surface area contributed by atoms with Crippen molar-refractivity contribution >= 4 is 0 Å². The van der Waals surface area contributed by atoms with Gasteiger partial charge in [0.2, 0.25) is 0 Å². The molecule has 0 N–H and O–H groups in total. The van der Waals surface area contributed by atoms with Crippen molar-refractivity contribution in [2.75, 3.05) is 13.6 Å². The van der Waals surface area contributed by atoms with Gasteiger partial charge in [0, 0.05) is 6.54 Å². The van der Waals surface area contributed by atoms with E-state index in [0.717, 1.165) is 30.6 Å². The number of benzene rings is 1. The van der Waals surface area contributed by atoms with Crippen LogP contribution in [-0.2, 0) is 6.54 Å². The number of rotatable bonds is 4. The van der Waals surface area contributed by atoms with E-state index in [0.29, 0.717) is 0 Å². The summed E-state index contributed by atoms with van der Waals surface area (Å²) in [7, 11) is 2.06. The Kier molecular flexibility index (Phi) is 4.08. The lowest BCUT2D eigenvalue weighted by Crippen LogP contribution is -2.19. The van der Waals surface area contributed by atoms with Gasteiger partial charge in [-0.25, -0.2) is 4.39 Å². The molecule has 0 radical (unpaired) electrons. The van der Waals surface area contributed by atoms with E-state index in [2.05, 4.69) is 18.9 Å². The Morgan fingerprint density at radius 3 is 2.71 bits per heavy atom. The predicted octanol–water partition coefficient (Wildman–Crippen LogP) is 2.98. The molecule has 1 rings (SSSR count). The van der Waals surface area contributed by atoms with Crippen molar-refractivity contribution in [1.29, 1.82) is 0 Å². The van der Waals surface area contributed by atoms with Crippen LogP contribution < -0.4 is 0 Å². The Morgan fingerprint density at radius 2 is 2.07 bits per heavy atom. The van der Waals surface area contributed by atoms with Crippen molar-refractivity contribution < 1.29 is 4.39 Å². The summed E-state index contributed by atoms with van der Waals surface area (Å²) in [4.78, 5) is 2.21. The van der Waals surface area contributed by atoms with Gasteiger partial charge in [0.25, 0.3) is 0 Å². The molecule has 1 aromatic rings. The second kappa shape index (κ2) is 5.11. The molecule has 0 heterocycles. The fourth-order valence-electron chi connectivity index (χ4n) is 1.56. The van der Waals surface area contributed by atoms with Gasteiger partial charge in [0.1, 0.15) is 5.82 Å². The van der Waals surface area contributed by atoms with Crippen LogP contribution in [0.3, 0.4) is 0 Å². The molecule has 0 saturated carbocycles. The Morgan fingerprint density at radius 1 is 1.36 bits per heavy atom. The Hall–Kier alpha value is -0.890. The minimum absolute atomic E-state index is 0.143. The van der Waals surface area contributed by atoms with Gasteiger partial charge in [-0.15, -0.1) is 0 Å². The largest absolute Gasteiger partial charge is 0.302 e. The van der Waals surface area contributed by atoms with Crippen molar-refractivity contribution in [3.63, 3.8) is 0 Å². The van der Waals surface area contributed by atoms with Crippen LogP contribution in [-0.4, -0.2) is 18.5 Å². The van der Waals surface area contributed by atoms with Gasteiger partial charge >= 0.3 is 0 Å². The molecular weight excluding hydrogens is 177 g/mol. The first kappa shape index (κ1) is 11.2. The Balaban J connectivity index is 2.70. The lowest BCUT2D eigenvalue weighted by Gasteiger charge is -2.16. The van der Waals surface area contributed by atoms with E-state index in [1.807, 2.05) is 13.0 Å². The molecule has 0 amide bonds. The average Bonchev–Trinajstić information content (AvgIpc) is 2.12. The number of aryl methyl sites for hydroxylation is 1. The van der Waals surface area contributed by atoms with Crippen LogP contribution in [0.1, 0.15) is 24.5 Å². The zero-order chi connectivity index (χ0) is 10.6. The summed E-state index contributed by atoms with van der Waals surface area (Å²) in [6, 6.07) is 4.98. The number of nitrogens with zero attached hydrogens (tertiary/aromatic N) is 1. The zero-order valence-electron chi connectivity index (χ0n) is 9.18. The summed E-state index contributed by atoms with van der Waals surface area (Å²) in [5.41, 5.74) is 2.25. The van der Waals surface area contributed by atoms with E-state index in [4.69, 9.17) is 0 Å².